The summed E-state index contributed by atoms with van der Waals surface area (Å²) in [6, 6.07) is 7.42. The molecule has 4 nitrogen and oxygen atoms in total. The van der Waals surface area contributed by atoms with E-state index in [9.17, 15) is 9.90 Å². The number of benzene rings is 1. The molecule has 2 N–H and O–H groups in total. The molecule has 20 heavy (non-hydrogen) atoms. The van der Waals surface area contributed by atoms with Crippen molar-refractivity contribution in [3.05, 3.63) is 28.7 Å². The van der Waals surface area contributed by atoms with Gasteiger partial charge in [-0.2, -0.15) is 0 Å². The normalized spacial score (nSPS) is 22.3. The average molecular weight is 342 g/mol. The summed E-state index contributed by atoms with van der Waals surface area (Å²) in [4.78, 5) is 11.7. The van der Waals surface area contributed by atoms with Gasteiger partial charge in [-0.3, -0.25) is 4.79 Å². The lowest BCUT2D eigenvalue weighted by Crippen LogP contribution is -2.34. The SMILES string of the molecule is O=C(COc1cccc(Br)c1)NCC1CCC(O)CC1. The number of amides is 1. The van der Waals surface area contributed by atoms with Crippen molar-refractivity contribution in [3.8, 4) is 5.75 Å². The van der Waals surface area contributed by atoms with Crippen molar-refractivity contribution >= 4 is 21.8 Å². The molecular formula is C15H20BrNO3. The van der Waals surface area contributed by atoms with E-state index in [1.54, 1.807) is 0 Å². The molecule has 1 aromatic rings. The Hall–Kier alpha value is -1.07. The first-order valence-electron chi connectivity index (χ1n) is 6.96. The molecule has 5 heteroatoms. The summed E-state index contributed by atoms with van der Waals surface area (Å²) in [5.41, 5.74) is 0. The van der Waals surface area contributed by atoms with Crippen LogP contribution >= 0.6 is 15.9 Å². The summed E-state index contributed by atoms with van der Waals surface area (Å²) in [7, 11) is 0. The predicted octanol–water partition coefficient (Wildman–Crippen LogP) is 2.50. The first-order valence-corrected chi connectivity index (χ1v) is 7.76. The van der Waals surface area contributed by atoms with E-state index in [1.807, 2.05) is 24.3 Å². The molecule has 0 saturated heterocycles. The monoisotopic (exact) mass is 341 g/mol. The molecule has 0 aliphatic heterocycles. The van der Waals surface area contributed by atoms with Crippen molar-refractivity contribution in [2.75, 3.05) is 13.2 Å². The van der Waals surface area contributed by atoms with Gasteiger partial charge >= 0.3 is 0 Å². The van der Waals surface area contributed by atoms with Crippen LogP contribution in [0.25, 0.3) is 0 Å². The summed E-state index contributed by atoms with van der Waals surface area (Å²) in [6.45, 7) is 0.708. The van der Waals surface area contributed by atoms with Crippen LogP contribution in [0.15, 0.2) is 28.7 Å². The molecule has 1 amide bonds. The molecule has 0 spiro atoms. The molecule has 0 heterocycles. The van der Waals surface area contributed by atoms with Crippen LogP contribution in [0.2, 0.25) is 0 Å². The topological polar surface area (TPSA) is 58.6 Å². The Labute approximate surface area is 127 Å². The maximum Gasteiger partial charge on any atom is 0.257 e. The Morgan fingerprint density at radius 1 is 1.35 bits per heavy atom. The van der Waals surface area contributed by atoms with Crippen LogP contribution in [0.3, 0.4) is 0 Å². The second-order valence-corrected chi connectivity index (χ2v) is 6.14. The fourth-order valence-electron chi connectivity index (χ4n) is 2.36. The molecule has 0 unspecified atom stereocenters. The van der Waals surface area contributed by atoms with Crippen LogP contribution in [-0.4, -0.2) is 30.3 Å². The van der Waals surface area contributed by atoms with Crippen LogP contribution in [0.4, 0.5) is 0 Å². The number of ether oxygens (including phenoxy) is 1. The zero-order valence-electron chi connectivity index (χ0n) is 11.3. The van der Waals surface area contributed by atoms with Crippen LogP contribution in [0.5, 0.6) is 5.75 Å². The second kappa shape index (κ2) is 7.64. The van der Waals surface area contributed by atoms with Gasteiger partial charge in [-0.15, -0.1) is 0 Å². The van der Waals surface area contributed by atoms with Crippen molar-refractivity contribution in [1.82, 2.24) is 5.32 Å². The van der Waals surface area contributed by atoms with E-state index in [2.05, 4.69) is 21.2 Å². The Kier molecular flexibility index (Phi) is 5.86. The molecule has 110 valence electrons. The Bertz CT molecular complexity index is 444. The molecule has 0 aromatic heterocycles. The van der Waals surface area contributed by atoms with E-state index in [-0.39, 0.29) is 18.6 Å². The van der Waals surface area contributed by atoms with Crippen molar-refractivity contribution in [2.45, 2.75) is 31.8 Å². The third-order valence-electron chi connectivity index (χ3n) is 3.57. The first kappa shape index (κ1) is 15.3. The fourth-order valence-corrected chi connectivity index (χ4v) is 2.74. The molecule has 2 rings (SSSR count). The first-order chi connectivity index (χ1) is 9.63. The molecule has 0 radical (unpaired) electrons. The van der Waals surface area contributed by atoms with Gasteiger partial charge < -0.3 is 15.2 Å². The highest BCUT2D eigenvalue weighted by molar-refractivity contribution is 9.10. The van der Waals surface area contributed by atoms with E-state index in [1.165, 1.54) is 0 Å². The Morgan fingerprint density at radius 3 is 2.80 bits per heavy atom. The van der Waals surface area contributed by atoms with Crippen molar-refractivity contribution in [3.63, 3.8) is 0 Å². The van der Waals surface area contributed by atoms with E-state index in [0.717, 1.165) is 30.2 Å². The second-order valence-electron chi connectivity index (χ2n) is 5.22. The minimum atomic E-state index is -0.151. The number of hydrogen-bond acceptors (Lipinski definition) is 3. The zero-order chi connectivity index (χ0) is 14.4. The maximum atomic E-state index is 11.7. The fraction of sp³-hybridized carbons (Fsp3) is 0.533. The summed E-state index contributed by atoms with van der Waals surface area (Å²) >= 11 is 3.36. The van der Waals surface area contributed by atoms with Crippen LogP contribution in [0.1, 0.15) is 25.7 Å². The van der Waals surface area contributed by atoms with Crippen LogP contribution in [0, 0.1) is 5.92 Å². The van der Waals surface area contributed by atoms with E-state index in [4.69, 9.17) is 4.74 Å². The third kappa shape index (κ3) is 5.13. The molecule has 1 aliphatic rings. The van der Waals surface area contributed by atoms with Crippen LogP contribution in [-0.2, 0) is 4.79 Å². The summed E-state index contributed by atoms with van der Waals surface area (Å²) in [5, 5.41) is 12.3. The maximum absolute atomic E-state index is 11.7. The number of aliphatic hydroxyl groups excluding tert-OH is 1. The molecular weight excluding hydrogens is 322 g/mol. The lowest BCUT2D eigenvalue weighted by molar-refractivity contribution is -0.123. The molecule has 1 aliphatic carbocycles. The Morgan fingerprint density at radius 2 is 2.10 bits per heavy atom. The highest BCUT2D eigenvalue weighted by Gasteiger charge is 2.19. The average Bonchev–Trinajstić information content (AvgIpc) is 2.45. The van der Waals surface area contributed by atoms with E-state index < -0.39 is 0 Å². The summed E-state index contributed by atoms with van der Waals surface area (Å²) < 4.78 is 6.35. The highest BCUT2D eigenvalue weighted by atomic mass is 79.9. The highest BCUT2D eigenvalue weighted by Crippen LogP contribution is 2.23. The lowest BCUT2D eigenvalue weighted by atomic mass is 9.87. The lowest BCUT2D eigenvalue weighted by Gasteiger charge is -2.25. The largest absolute Gasteiger partial charge is 0.484 e. The minimum Gasteiger partial charge on any atom is -0.484 e. The Balaban J connectivity index is 1.65. The predicted molar refractivity (Wildman–Crippen MR) is 80.6 cm³/mol. The van der Waals surface area contributed by atoms with Gasteiger partial charge in [0.25, 0.3) is 5.91 Å². The van der Waals surface area contributed by atoms with Gasteiger partial charge in [0, 0.05) is 11.0 Å². The van der Waals surface area contributed by atoms with Crippen molar-refractivity contribution < 1.29 is 14.6 Å². The number of rotatable bonds is 5. The number of carbonyl (C=O) groups excluding carboxylic acids is 1. The molecule has 1 fully saturated rings. The quantitative estimate of drug-likeness (QED) is 0.864. The van der Waals surface area contributed by atoms with Gasteiger partial charge in [-0.1, -0.05) is 22.0 Å². The third-order valence-corrected chi connectivity index (χ3v) is 4.06. The standard InChI is InChI=1S/C15H20BrNO3/c16-12-2-1-3-14(8-12)20-10-15(19)17-9-11-4-6-13(18)7-5-11/h1-3,8,11,13,18H,4-7,9-10H2,(H,17,19). The molecule has 1 aromatic carbocycles. The van der Waals surface area contributed by atoms with Gasteiger partial charge in [0.05, 0.1) is 6.10 Å². The van der Waals surface area contributed by atoms with Crippen LogP contribution < -0.4 is 10.1 Å². The number of carbonyl (C=O) groups is 1. The number of halogens is 1. The number of aliphatic hydroxyl groups is 1. The number of hydrogen-bond donors (Lipinski definition) is 2. The molecule has 1 saturated carbocycles. The molecule has 0 atom stereocenters. The minimum absolute atomic E-state index is 0.0335. The van der Waals surface area contributed by atoms with E-state index in [0.29, 0.717) is 18.2 Å². The van der Waals surface area contributed by atoms with E-state index >= 15 is 0 Å². The van der Waals surface area contributed by atoms with Crippen molar-refractivity contribution in [1.29, 1.82) is 0 Å². The smallest absolute Gasteiger partial charge is 0.257 e. The summed E-state index contributed by atoms with van der Waals surface area (Å²) in [6.07, 6.45) is 3.49. The van der Waals surface area contributed by atoms with Crippen molar-refractivity contribution in [2.24, 2.45) is 5.92 Å². The van der Waals surface area contributed by atoms with Gasteiger partial charge in [-0.25, -0.2) is 0 Å². The number of nitrogens with one attached hydrogen (secondary N) is 1. The van der Waals surface area contributed by atoms with Gasteiger partial charge in [0.1, 0.15) is 5.75 Å². The zero-order valence-corrected chi connectivity index (χ0v) is 12.9. The summed E-state index contributed by atoms with van der Waals surface area (Å²) in [5.74, 6) is 1.06. The van der Waals surface area contributed by atoms with Gasteiger partial charge in [0.15, 0.2) is 6.61 Å². The molecule has 0 bridgehead atoms. The van der Waals surface area contributed by atoms with Gasteiger partial charge in [0.2, 0.25) is 0 Å². The van der Waals surface area contributed by atoms with Gasteiger partial charge in [-0.05, 0) is 49.8 Å².